The zero-order chi connectivity index (χ0) is 22.5. The van der Waals surface area contributed by atoms with E-state index < -0.39 is 17.4 Å². The summed E-state index contributed by atoms with van der Waals surface area (Å²) in [5.41, 5.74) is 4.88. The average Bonchev–Trinajstić information content (AvgIpc) is 3.24. The molecule has 160 valence electrons. The van der Waals surface area contributed by atoms with Crippen LogP contribution in [0.25, 0.3) is 10.9 Å². The van der Waals surface area contributed by atoms with E-state index in [2.05, 4.69) is 42.3 Å². The van der Waals surface area contributed by atoms with E-state index in [0.717, 1.165) is 38.9 Å². The number of carbonyl (C=O) groups is 2. The second-order valence-electron chi connectivity index (χ2n) is 8.92. The summed E-state index contributed by atoms with van der Waals surface area (Å²) in [6.45, 7) is 5.93. The first-order valence-corrected chi connectivity index (χ1v) is 11.0. The molecule has 32 heavy (non-hydrogen) atoms. The topological polar surface area (TPSA) is 62.0 Å². The Morgan fingerprint density at radius 3 is 2.22 bits per heavy atom. The molecular formula is C28H26N2O2. The van der Waals surface area contributed by atoms with E-state index in [0.29, 0.717) is 0 Å². The number of aryl methyl sites for hydroxylation is 2. The predicted molar refractivity (Wildman–Crippen MR) is 126 cm³/mol. The lowest BCUT2D eigenvalue weighted by Gasteiger charge is -2.25. The third-order valence-corrected chi connectivity index (χ3v) is 6.84. The normalized spacial score (nSPS) is 21.7. The molecule has 0 saturated carbocycles. The van der Waals surface area contributed by atoms with Crippen molar-refractivity contribution in [2.24, 2.45) is 5.92 Å². The maximum Gasteiger partial charge on any atom is 0.232 e. The number of amides is 1. The van der Waals surface area contributed by atoms with E-state index in [1.165, 1.54) is 0 Å². The number of aromatic nitrogens is 1. The van der Waals surface area contributed by atoms with Crippen molar-refractivity contribution in [3.63, 3.8) is 0 Å². The van der Waals surface area contributed by atoms with Crippen molar-refractivity contribution < 1.29 is 9.59 Å². The summed E-state index contributed by atoms with van der Waals surface area (Å²) in [5, 5.41) is 4.14. The van der Waals surface area contributed by atoms with Crippen LogP contribution in [0.3, 0.4) is 0 Å². The SMILES string of the molecule is Cc1ccc2c(C)c(C(c3ccccc3)C3C(=O)N[C@](C)(c4ccccc4)C3=O)[nH]c2c1. The maximum absolute atomic E-state index is 13.9. The highest BCUT2D eigenvalue weighted by molar-refractivity contribution is 6.14. The molecule has 0 bridgehead atoms. The molecule has 1 aliphatic rings. The lowest BCUT2D eigenvalue weighted by atomic mass is 9.76. The van der Waals surface area contributed by atoms with Crippen molar-refractivity contribution in [3.05, 3.63) is 107 Å². The summed E-state index contributed by atoms with van der Waals surface area (Å²) < 4.78 is 0. The number of hydrogen-bond acceptors (Lipinski definition) is 2. The molecule has 0 spiro atoms. The highest BCUT2D eigenvalue weighted by Gasteiger charge is 2.54. The van der Waals surface area contributed by atoms with Crippen molar-refractivity contribution in [3.8, 4) is 0 Å². The van der Waals surface area contributed by atoms with Gasteiger partial charge in [-0.3, -0.25) is 9.59 Å². The predicted octanol–water partition coefficient (Wildman–Crippen LogP) is 5.15. The van der Waals surface area contributed by atoms with Crippen molar-refractivity contribution >= 4 is 22.6 Å². The summed E-state index contributed by atoms with van der Waals surface area (Å²) in [6.07, 6.45) is 0. The molecule has 1 aliphatic heterocycles. The Kier molecular flexibility index (Phi) is 4.74. The fourth-order valence-corrected chi connectivity index (χ4v) is 5.07. The second-order valence-corrected chi connectivity index (χ2v) is 8.92. The van der Waals surface area contributed by atoms with Crippen LogP contribution in [0.4, 0.5) is 0 Å². The number of fused-ring (bicyclic) bond motifs is 1. The third kappa shape index (κ3) is 3.06. The number of carbonyl (C=O) groups excluding carboxylic acids is 2. The number of Topliss-reactive ketones (excluding diaryl/α,β-unsaturated/α-hetero) is 1. The first-order chi connectivity index (χ1) is 15.4. The Labute approximate surface area is 187 Å². The number of benzene rings is 3. The molecule has 4 heteroatoms. The molecule has 1 amide bonds. The molecule has 1 saturated heterocycles. The molecule has 3 aromatic carbocycles. The summed E-state index contributed by atoms with van der Waals surface area (Å²) >= 11 is 0. The molecular weight excluding hydrogens is 396 g/mol. The zero-order valence-electron chi connectivity index (χ0n) is 18.5. The molecule has 0 radical (unpaired) electrons. The minimum Gasteiger partial charge on any atom is -0.358 e. The minimum absolute atomic E-state index is 0.100. The third-order valence-electron chi connectivity index (χ3n) is 6.84. The molecule has 4 aromatic rings. The lowest BCUT2D eigenvalue weighted by Crippen LogP contribution is -2.40. The Morgan fingerprint density at radius 2 is 1.53 bits per heavy atom. The Morgan fingerprint density at radius 1 is 0.875 bits per heavy atom. The summed E-state index contributed by atoms with van der Waals surface area (Å²) in [7, 11) is 0. The summed E-state index contributed by atoms with van der Waals surface area (Å²) in [4.78, 5) is 30.9. The van der Waals surface area contributed by atoms with E-state index >= 15 is 0 Å². The number of H-pyrrole nitrogens is 1. The van der Waals surface area contributed by atoms with Gasteiger partial charge in [0.2, 0.25) is 5.91 Å². The summed E-state index contributed by atoms with van der Waals surface area (Å²) in [6, 6.07) is 25.7. The molecule has 0 aliphatic carbocycles. The van der Waals surface area contributed by atoms with Crippen LogP contribution in [-0.4, -0.2) is 16.7 Å². The van der Waals surface area contributed by atoms with Gasteiger partial charge < -0.3 is 10.3 Å². The molecule has 3 atom stereocenters. The van der Waals surface area contributed by atoms with E-state index in [1.807, 2.05) is 67.6 Å². The van der Waals surface area contributed by atoms with Crippen LogP contribution in [0.1, 0.15) is 40.8 Å². The van der Waals surface area contributed by atoms with E-state index in [9.17, 15) is 9.59 Å². The Hall–Kier alpha value is -3.66. The molecule has 2 N–H and O–H groups in total. The molecule has 4 nitrogen and oxygen atoms in total. The van der Waals surface area contributed by atoms with Crippen LogP contribution in [-0.2, 0) is 15.1 Å². The number of ketones is 1. The van der Waals surface area contributed by atoms with Crippen molar-refractivity contribution in [2.45, 2.75) is 32.2 Å². The van der Waals surface area contributed by atoms with Crippen molar-refractivity contribution in [2.75, 3.05) is 0 Å². The molecule has 2 heterocycles. The van der Waals surface area contributed by atoms with Gasteiger partial charge in [-0.05, 0) is 49.1 Å². The van der Waals surface area contributed by atoms with Crippen LogP contribution in [0, 0.1) is 19.8 Å². The lowest BCUT2D eigenvalue weighted by molar-refractivity contribution is -0.129. The highest BCUT2D eigenvalue weighted by Crippen LogP contribution is 2.43. The number of nitrogens with one attached hydrogen (secondary N) is 2. The second kappa shape index (κ2) is 7.49. The minimum atomic E-state index is -1.05. The summed E-state index contributed by atoms with van der Waals surface area (Å²) in [5.74, 6) is -1.56. The van der Waals surface area contributed by atoms with Crippen LogP contribution in [0.15, 0.2) is 78.9 Å². The first kappa shape index (κ1) is 20.3. The fourth-order valence-electron chi connectivity index (χ4n) is 5.07. The molecule has 1 fully saturated rings. The van der Waals surface area contributed by atoms with Gasteiger partial charge in [-0.1, -0.05) is 72.8 Å². The smallest absolute Gasteiger partial charge is 0.232 e. The maximum atomic E-state index is 13.9. The van der Waals surface area contributed by atoms with Crippen LogP contribution < -0.4 is 5.32 Å². The van der Waals surface area contributed by atoms with Gasteiger partial charge in [0.15, 0.2) is 5.78 Å². The molecule has 2 unspecified atom stereocenters. The van der Waals surface area contributed by atoms with Gasteiger partial charge in [0, 0.05) is 22.5 Å². The fraction of sp³-hybridized carbons (Fsp3) is 0.214. The zero-order valence-corrected chi connectivity index (χ0v) is 18.5. The standard InChI is InChI=1S/C28H26N2O2/c1-17-14-15-21-18(2)25(29-22(21)16-17)23(19-10-6-4-7-11-19)24-26(31)28(3,30-27(24)32)20-12-8-5-9-13-20/h4-16,23-24,29H,1-3H3,(H,30,32)/t23?,24?,28-/m1/s1. The highest BCUT2D eigenvalue weighted by atomic mass is 16.2. The average molecular weight is 423 g/mol. The number of aromatic amines is 1. The van der Waals surface area contributed by atoms with Gasteiger partial charge in [-0.15, -0.1) is 0 Å². The Bertz CT molecular complexity index is 1320. The van der Waals surface area contributed by atoms with Crippen molar-refractivity contribution in [1.29, 1.82) is 0 Å². The first-order valence-electron chi connectivity index (χ1n) is 11.0. The van der Waals surface area contributed by atoms with Gasteiger partial charge in [-0.2, -0.15) is 0 Å². The molecule has 5 rings (SSSR count). The van der Waals surface area contributed by atoms with Gasteiger partial charge >= 0.3 is 0 Å². The van der Waals surface area contributed by atoms with Crippen molar-refractivity contribution in [1.82, 2.24) is 10.3 Å². The van der Waals surface area contributed by atoms with E-state index in [1.54, 1.807) is 0 Å². The molecule has 1 aromatic heterocycles. The number of hydrogen-bond donors (Lipinski definition) is 2. The van der Waals surface area contributed by atoms with Gasteiger partial charge in [0.1, 0.15) is 11.5 Å². The van der Waals surface area contributed by atoms with Gasteiger partial charge in [-0.25, -0.2) is 0 Å². The van der Waals surface area contributed by atoms with Crippen LogP contribution in [0.2, 0.25) is 0 Å². The van der Waals surface area contributed by atoms with Gasteiger partial charge in [0.25, 0.3) is 0 Å². The quantitative estimate of drug-likeness (QED) is 0.447. The number of rotatable bonds is 4. The largest absolute Gasteiger partial charge is 0.358 e. The van der Waals surface area contributed by atoms with Gasteiger partial charge in [0.05, 0.1) is 0 Å². The van der Waals surface area contributed by atoms with E-state index in [4.69, 9.17) is 0 Å². The Balaban J connectivity index is 1.69. The van der Waals surface area contributed by atoms with Crippen LogP contribution >= 0.6 is 0 Å². The van der Waals surface area contributed by atoms with E-state index in [-0.39, 0.29) is 11.7 Å². The monoisotopic (exact) mass is 422 g/mol. The van der Waals surface area contributed by atoms with Crippen LogP contribution in [0.5, 0.6) is 0 Å².